The lowest BCUT2D eigenvalue weighted by Gasteiger charge is -2.29. The number of rotatable bonds is 5. The van der Waals surface area contributed by atoms with Crippen molar-refractivity contribution in [1.82, 2.24) is 4.90 Å². The summed E-state index contributed by atoms with van der Waals surface area (Å²) in [5, 5.41) is 0. The molecule has 25 heavy (non-hydrogen) atoms. The van der Waals surface area contributed by atoms with Crippen LogP contribution in [0.1, 0.15) is 37.4 Å². The smallest absolute Gasteiger partial charge is 0.228 e. The van der Waals surface area contributed by atoms with Crippen LogP contribution in [0.15, 0.2) is 54.6 Å². The van der Waals surface area contributed by atoms with Gasteiger partial charge in [0.05, 0.1) is 6.04 Å². The summed E-state index contributed by atoms with van der Waals surface area (Å²) >= 11 is 0. The van der Waals surface area contributed by atoms with Crippen LogP contribution in [-0.2, 0) is 16.0 Å². The Bertz CT molecular complexity index is 758. The first kappa shape index (κ1) is 17.2. The van der Waals surface area contributed by atoms with E-state index in [9.17, 15) is 9.59 Å². The fraction of sp³-hybridized carbons (Fsp3) is 0.333. The summed E-state index contributed by atoms with van der Waals surface area (Å²) in [4.78, 5) is 28.4. The van der Waals surface area contributed by atoms with Gasteiger partial charge in [-0.1, -0.05) is 48.5 Å². The number of carbonyl (C=O) groups excluding carboxylic acids is 2. The van der Waals surface area contributed by atoms with E-state index in [1.165, 1.54) is 5.56 Å². The Labute approximate surface area is 149 Å². The van der Waals surface area contributed by atoms with Crippen molar-refractivity contribution in [2.45, 2.75) is 32.7 Å². The highest BCUT2D eigenvalue weighted by Crippen LogP contribution is 2.28. The molecule has 4 heteroatoms. The molecule has 1 aliphatic heterocycles. The van der Waals surface area contributed by atoms with Gasteiger partial charge in [0.25, 0.3) is 0 Å². The van der Waals surface area contributed by atoms with Crippen LogP contribution in [0.3, 0.4) is 0 Å². The van der Waals surface area contributed by atoms with Gasteiger partial charge in [0.2, 0.25) is 11.8 Å². The van der Waals surface area contributed by atoms with Gasteiger partial charge in [0.15, 0.2) is 0 Å². The van der Waals surface area contributed by atoms with Crippen molar-refractivity contribution in [2.24, 2.45) is 0 Å². The summed E-state index contributed by atoms with van der Waals surface area (Å²) in [5.41, 5.74) is 3.31. The molecule has 3 rings (SSSR count). The second-order valence-electron chi connectivity index (χ2n) is 6.47. The average molecular weight is 336 g/mol. The standard InChI is InChI=1S/C21H24N2O2/c1-16(18-8-4-3-5-9-18)22(17(2)24)15-13-21(25)23-14-12-19-10-6-7-11-20(19)23/h3-11,16H,12-15H2,1-2H3. The molecule has 0 aliphatic carbocycles. The van der Waals surface area contributed by atoms with E-state index in [1.54, 1.807) is 11.8 Å². The monoisotopic (exact) mass is 336 g/mol. The van der Waals surface area contributed by atoms with E-state index in [-0.39, 0.29) is 17.9 Å². The van der Waals surface area contributed by atoms with Gasteiger partial charge >= 0.3 is 0 Å². The Morgan fingerprint density at radius 3 is 2.48 bits per heavy atom. The zero-order chi connectivity index (χ0) is 17.8. The van der Waals surface area contributed by atoms with Gasteiger partial charge in [-0.25, -0.2) is 0 Å². The molecule has 130 valence electrons. The summed E-state index contributed by atoms with van der Waals surface area (Å²) in [5.74, 6) is 0.0717. The Balaban J connectivity index is 1.66. The van der Waals surface area contributed by atoms with Crippen LogP contribution < -0.4 is 4.90 Å². The van der Waals surface area contributed by atoms with Gasteiger partial charge in [0.1, 0.15) is 0 Å². The lowest BCUT2D eigenvalue weighted by molar-refractivity contribution is -0.131. The highest BCUT2D eigenvalue weighted by molar-refractivity contribution is 5.95. The minimum Gasteiger partial charge on any atom is -0.336 e. The van der Waals surface area contributed by atoms with Crippen molar-refractivity contribution in [2.75, 3.05) is 18.0 Å². The molecule has 1 aliphatic rings. The fourth-order valence-corrected chi connectivity index (χ4v) is 3.48. The van der Waals surface area contributed by atoms with Gasteiger partial charge in [-0.15, -0.1) is 0 Å². The molecule has 2 aromatic rings. The van der Waals surface area contributed by atoms with Gasteiger partial charge in [-0.2, -0.15) is 0 Å². The Morgan fingerprint density at radius 1 is 1.08 bits per heavy atom. The zero-order valence-electron chi connectivity index (χ0n) is 14.8. The Kier molecular flexibility index (Phi) is 5.17. The summed E-state index contributed by atoms with van der Waals surface area (Å²) in [6, 6.07) is 17.9. The molecule has 0 fully saturated rings. The highest BCUT2D eigenvalue weighted by atomic mass is 16.2. The number of benzene rings is 2. The second kappa shape index (κ2) is 7.51. The third-order valence-electron chi connectivity index (χ3n) is 4.91. The topological polar surface area (TPSA) is 40.6 Å². The normalized spacial score (nSPS) is 14.1. The quantitative estimate of drug-likeness (QED) is 0.837. The number of carbonyl (C=O) groups is 2. The van der Waals surface area contributed by atoms with Crippen molar-refractivity contribution >= 4 is 17.5 Å². The lowest BCUT2D eigenvalue weighted by atomic mass is 10.1. The fourth-order valence-electron chi connectivity index (χ4n) is 3.48. The largest absolute Gasteiger partial charge is 0.336 e. The molecule has 0 radical (unpaired) electrons. The maximum absolute atomic E-state index is 12.7. The molecule has 0 bridgehead atoms. The first-order valence-electron chi connectivity index (χ1n) is 8.78. The maximum atomic E-state index is 12.7. The number of amides is 2. The van der Waals surface area contributed by atoms with Crippen LogP contribution >= 0.6 is 0 Å². The third-order valence-corrected chi connectivity index (χ3v) is 4.91. The molecule has 1 unspecified atom stereocenters. The van der Waals surface area contributed by atoms with Crippen LogP contribution in [0.5, 0.6) is 0 Å². The van der Waals surface area contributed by atoms with Crippen molar-refractivity contribution in [3.8, 4) is 0 Å². The molecular formula is C21H24N2O2. The van der Waals surface area contributed by atoms with Crippen LogP contribution in [-0.4, -0.2) is 29.8 Å². The molecule has 0 spiro atoms. The van der Waals surface area contributed by atoms with Crippen LogP contribution in [0, 0.1) is 0 Å². The van der Waals surface area contributed by atoms with Gasteiger partial charge in [0, 0.05) is 32.1 Å². The van der Waals surface area contributed by atoms with Gasteiger partial charge in [-0.3, -0.25) is 9.59 Å². The SMILES string of the molecule is CC(=O)N(CCC(=O)N1CCc2ccccc21)C(C)c1ccccc1. The molecule has 0 saturated heterocycles. The first-order valence-corrected chi connectivity index (χ1v) is 8.78. The first-order chi connectivity index (χ1) is 12.1. The van der Waals surface area contributed by atoms with Crippen molar-refractivity contribution < 1.29 is 9.59 Å². The van der Waals surface area contributed by atoms with Crippen molar-refractivity contribution in [3.05, 3.63) is 65.7 Å². The number of anilines is 1. The minimum absolute atomic E-state index is 0.00836. The molecule has 2 aromatic carbocycles. The van der Waals surface area contributed by atoms with Gasteiger partial charge in [-0.05, 0) is 30.5 Å². The summed E-state index contributed by atoms with van der Waals surface area (Å²) < 4.78 is 0. The van der Waals surface area contributed by atoms with Gasteiger partial charge < -0.3 is 9.80 Å². The molecular weight excluding hydrogens is 312 g/mol. The molecule has 2 amide bonds. The van der Waals surface area contributed by atoms with E-state index in [4.69, 9.17) is 0 Å². The van der Waals surface area contributed by atoms with E-state index in [1.807, 2.05) is 60.4 Å². The van der Waals surface area contributed by atoms with E-state index < -0.39 is 0 Å². The lowest BCUT2D eigenvalue weighted by Crippen LogP contribution is -2.37. The number of hydrogen-bond donors (Lipinski definition) is 0. The minimum atomic E-state index is -0.0441. The average Bonchev–Trinajstić information content (AvgIpc) is 3.06. The zero-order valence-corrected chi connectivity index (χ0v) is 14.8. The third kappa shape index (κ3) is 3.73. The summed E-state index contributed by atoms with van der Waals surface area (Å²) in [6.07, 6.45) is 1.24. The summed E-state index contributed by atoms with van der Waals surface area (Å²) in [6.45, 7) is 4.73. The molecule has 0 aromatic heterocycles. The highest BCUT2D eigenvalue weighted by Gasteiger charge is 2.25. The van der Waals surface area contributed by atoms with E-state index in [0.29, 0.717) is 13.0 Å². The number of para-hydroxylation sites is 1. The maximum Gasteiger partial charge on any atom is 0.228 e. The van der Waals surface area contributed by atoms with Crippen molar-refractivity contribution in [1.29, 1.82) is 0 Å². The van der Waals surface area contributed by atoms with Crippen LogP contribution in [0.2, 0.25) is 0 Å². The number of nitrogens with zero attached hydrogens (tertiary/aromatic N) is 2. The molecule has 4 nitrogen and oxygen atoms in total. The van der Waals surface area contributed by atoms with E-state index >= 15 is 0 Å². The van der Waals surface area contributed by atoms with E-state index in [0.717, 1.165) is 24.2 Å². The van der Waals surface area contributed by atoms with Crippen LogP contribution in [0.4, 0.5) is 5.69 Å². The molecule has 1 atom stereocenters. The Morgan fingerprint density at radius 2 is 1.76 bits per heavy atom. The number of fused-ring (bicyclic) bond motifs is 1. The van der Waals surface area contributed by atoms with Crippen molar-refractivity contribution in [3.63, 3.8) is 0 Å². The van der Waals surface area contributed by atoms with Crippen LogP contribution in [0.25, 0.3) is 0 Å². The molecule has 0 N–H and O–H groups in total. The summed E-state index contributed by atoms with van der Waals surface area (Å²) in [7, 11) is 0. The predicted octanol–water partition coefficient (Wildman–Crippen LogP) is 3.58. The molecule has 1 heterocycles. The van der Waals surface area contributed by atoms with E-state index in [2.05, 4.69) is 6.07 Å². The number of hydrogen-bond acceptors (Lipinski definition) is 2. The second-order valence-corrected chi connectivity index (χ2v) is 6.47. The Hall–Kier alpha value is -2.62. The molecule has 0 saturated carbocycles. The predicted molar refractivity (Wildman–Crippen MR) is 99.4 cm³/mol.